The lowest BCUT2D eigenvalue weighted by Gasteiger charge is -1.94. The Morgan fingerprint density at radius 3 is 2.89 bits per heavy atom. The van der Waals surface area contributed by atoms with Crippen LogP contribution in [0, 0.1) is 5.82 Å². The van der Waals surface area contributed by atoms with Crippen molar-refractivity contribution in [2.75, 3.05) is 0 Å². The van der Waals surface area contributed by atoms with Gasteiger partial charge >= 0.3 is 0 Å². The van der Waals surface area contributed by atoms with Crippen LogP contribution in [0.5, 0.6) is 5.88 Å². The number of rotatable bonds is 2. The Balaban J connectivity index is 2.06. The molecule has 2 heterocycles. The number of benzene rings is 1. The zero-order valence-corrected chi connectivity index (χ0v) is 10.6. The van der Waals surface area contributed by atoms with E-state index >= 15 is 0 Å². The first-order valence-corrected chi connectivity index (χ1v) is 6.15. The molecule has 2 aromatic heterocycles. The number of aryl methyl sites for hydroxylation is 1. The van der Waals surface area contributed by atoms with E-state index in [-0.39, 0.29) is 11.7 Å². The van der Waals surface area contributed by atoms with Crippen LogP contribution in [0.3, 0.4) is 0 Å². The Kier molecular flexibility index (Phi) is 2.71. The molecule has 0 unspecified atom stereocenters. The summed E-state index contributed by atoms with van der Waals surface area (Å²) >= 11 is 1.18. The quantitative estimate of drug-likeness (QED) is 0.773. The van der Waals surface area contributed by atoms with Crippen molar-refractivity contribution in [3.8, 4) is 27.2 Å². The van der Waals surface area contributed by atoms with Crippen LogP contribution in [0.25, 0.3) is 21.3 Å². The third kappa shape index (κ3) is 2.17. The van der Waals surface area contributed by atoms with Crippen molar-refractivity contribution in [1.82, 2.24) is 25.2 Å². The lowest BCUT2D eigenvalue weighted by molar-refractivity contribution is 0.459. The van der Waals surface area contributed by atoms with Crippen LogP contribution >= 0.6 is 11.3 Å². The second kappa shape index (κ2) is 4.39. The normalized spacial score (nSPS) is 10.8. The summed E-state index contributed by atoms with van der Waals surface area (Å²) < 4.78 is 13.2. The lowest BCUT2D eigenvalue weighted by atomic mass is 10.2. The number of thiazole rings is 1. The SMILES string of the molecule is Cn1nnc(-c2sc(-c3cccc(F)c3)nc2O)n1. The smallest absolute Gasteiger partial charge is 0.234 e. The molecule has 3 aromatic rings. The van der Waals surface area contributed by atoms with Crippen LogP contribution in [-0.4, -0.2) is 30.3 Å². The van der Waals surface area contributed by atoms with Crippen molar-refractivity contribution in [2.45, 2.75) is 0 Å². The standard InChI is InChI=1S/C11H8FN5OS/c1-17-15-9(14-16-17)8-10(18)13-11(19-8)6-3-2-4-7(12)5-6/h2-5,18H,1H3. The van der Waals surface area contributed by atoms with Crippen molar-refractivity contribution < 1.29 is 9.50 Å². The Hall–Kier alpha value is -2.35. The number of hydrogen-bond acceptors (Lipinski definition) is 6. The summed E-state index contributed by atoms with van der Waals surface area (Å²) in [5, 5.41) is 21.8. The van der Waals surface area contributed by atoms with Gasteiger partial charge in [-0.3, -0.25) is 0 Å². The summed E-state index contributed by atoms with van der Waals surface area (Å²) in [6, 6.07) is 6.01. The summed E-state index contributed by atoms with van der Waals surface area (Å²) in [5.41, 5.74) is 0.593. The van der Waals surface area contributed by atoms with Crippen molar-refractivity contribution in [1.29, 1.82) is 0 Å². The maximum atomic E-state index is 13.2. The van der Waals surface area contributed by atoms with Gasteiger partial charge in [0.2, 0.25) is 11.7 Å². The zero-order chi connectivity index (χ0) is 13.4. The van der Waals surface area contributed by atoms with Gasteiger partial charge < -0.3 is 5.11 Å². The van der Waals surface area contributed by atoms with Crippen LogP contribution < -0.4 is 0 Å². The van der Waals surface area contributed by atoms with Gasteiger partial charge in [-0.1, -0.05) is 12.1 Å². The van der Waals surface area contributed by atoms with Gasteiger partial charge in [0.1, 0.15) is 15.7 Å². The molecule has 19 heavy (non-hydrogen) atoms. The first kappa shape index (κ1) is 11.7. The van der Waals surface area contributed by atoms with Crippen molar-refractivity contribution in [3.05, 3.63) is 30.1 Å². The number of halogens is 1. The highest BCUT2D eigenvalue weighted by molar-refractivity contribution is 7.18. The first-order chi connectivity index (χ1) is 9.13. The molecule has 6 nitrogen and oxygen atoms in total. The highest BCUT2D eigenvalue weighted by atomic mass is 32.1. The van der Waals surface area contributed by atoms with Crippen molar-refractivity contribution >= 4 is 11.3 Å². The van der Waals surface area contributed by atoms with Crippen LogP contribution in [0.4, 0.5) is 4.39 Å². The second-order valence-electron chi connectivity index (χ2n) is 3.78. The van der Waals surface area contributed by atoms with Gasteiger partial charge in [0, 0.05) is 5.56 Å². The highest BCUT2D eigenvalue weighted by Crippen LogP contribution is 2.37. The predicted molar refractivity (Wildman–Crippen MR) is 67.0 cm³/mol. The van der Waals surface area contributed by atoms with E-state index in [1.807, 2.05) is 0 Å². The van der Waals surface area contributed by atoms with E-state index in [0.29, 0.717) is 21.3 Å². The van der Waals surface area contributed by atoms with Gasteiger partial charge in [-0.25, -0.2) is 9.37 Å². The summed E-state index contributed by atoms with van der Waals surface area (Å²) in [4.78, 5) is 5.70. The lowest BCUT2D eigenvalue weighted by Crippen LogP contribution is -1.91. The minimum absolute atomic E-state index is 0.183. The summed E-state index contributed by atoms with van der Waals surface area (Å²) in [6.45, 7) is 0. The molecule has 1 N–H and O–H groups in total. The summed E-state index contributed by atoms with van der Waals surface area (Å²) in [7, 11) is 1.63. The number of aromatic nitrogens is 5. The third-order valence-corrected chi connectivity index (χ3v) is 3.48. The van der Waals surface area contributed by atoms with Gasteiger partial charge in [0.25, 0.3) is 0 Å². The topological polar surface area (TPSA) is 76.7 Å². The molecule has 1 aromatic carbocycles. The molecule has 0 fully saturated rings. The molecule has 0 bridgehead atoms. The number of nitrogens with zero attached hydrogens (tertiary/aromatic N) is 5. The fourth-order valence-corrected chi connectivity index (χ4v) is 2.46. The Morgan fingerprint density at radius 2 is 2.21 bits per heavy atom. The van der Waals surface area contributed by atoms with Crippen molar-refractivity contribution in [3.63, 3.8) is 0 Å². The summed E-state index contributed by atoms with van der Waals surface area (Å²) in [6.07, 6.45) is 0. The minimum atomic E-state index is -0.355. The molecule has 0 aliphatic heterocycles. The molecule has 0 aliphatic rings. The maximum Gasteiger partial charge on any atom is 0.234 e. The first-order valence-electron chi connectivity index (χ1n) is 5.33. The van der Waals surface area contributed by atoms with E-state index in [1.54, 1.807) is 19.2 Å². The number of hydrogen-bond donors (Lipinski definition) is 1. The minimum Gasteiger partial charge on any atom is -0.492 e. The summed E-state index contributed by atoms with van der Waals surface area (Å²) in [5.74, 6) is -0.246. The van der Waals surface area contributed by atoms with Crippen LogP contribution in [0.1, 0.15) is 0 Å². The zero-order valence-electron chi connectivity index (χ0n) is 9.78. The maximum absolute atomic E-state index is 13.2. The van der Waals surface area contributed by atoms with E-state index in [2.05, 4.69) is 20.4 Å². The second-order valence-corrected chi connectivity index (χ2v) is 4.78. The monoisotopic (exact) mass is 277 g/mol. The third-order valence-electron chi connectivity index (χ3n) is 2.39. The number of aromatic hydroxyl groups is 1. The molecule has 3 rings (SSSR count). The van der Waals surface area contributed by atoms with E-state index in [9.17, 15) is 9.50 Å². The number of tetrazole rings is 1. The van der Waals surface area contributed by atoms with Crippen LogP contribution in [0.2, 0.25) is 0 Å². The molecule has 0 atom stereocenters. The molecule has 96 valence electrons. The van der Waals surface area contributed by atoms with Gasteiger partial charge in [-0.15, -0.1) is 21.5 Å². The Morgan fingerprint density at radius 1 is 1.37 bits per heavy atom. The van der Waals surface area contributed by atoms with Gasteiger partial charge in [-0.05, 0) is 17.3 Å². The Labute approximate surface area is 111 Å². The van der Waals surface area contributed by atoms with Crippen molar-refractivity contribution in [2.24, 2.45) is 7.05 Å². The van der Waals surface area contributed by atoms with E-state index < -0.39 is 0 Å². The Bertz CT molecular complexity index is 738. The van der Waals surface area contributed by atoms with Crippen LogP contribution in [0.15, 0.2) is 24.3 Å². The van der Waals surface area contributed by atoms with Gasteiger partial charge in [0.15, 0.2) is 0 Å². The molecule has 0 saturated carbocycles. The fraction of sp³-hybridized carbons (Fsp3) is 0.0909. The predicted octanol–water partition coefficient (Wildman–Crippen LogP) is 1.85. The average molecular weight is 277 g/mol. The molecule has 0 saturated heterocycles. The molecule has 8 heteroatoms. The van der Waals surface area contributed by atoms with Gasteiger partial charge in [-0.2, -0.15) is 4.80 Å². The van der Waals surface area contributed by atoms with Crippen LogP contribution in [-0.2, 0) is 7.05 Å². The molecular weight excluding hydrogens is 269 g/mol. The molecule has 0 spiro atoms. The average Bonchev–Trinajstić information content (AvgIpc) is 2.95. The fourth-order valence-electron chi connectivity index (χ4n) is 1.58. The van der Waals surface area contributed by atoms with Gasteiger partial charge in [0.05, 0.1) is 7.05 Å². The highest BCUT2D eigenvalue weighted by Gasteiger charge is 2.17. The van der Waals surface area contributed by atoms with E-state index in [4.69, 9.17) is 0 Å². The molecule has 0 amide bonds. The molecule has 0 aliphatic carbocycles. The van der Waals surface area contributed by atoms with E-state index in [1.165, 1.54) is 28.3 Å². The molecule has 0 radical (unpaired) electrons. The largest absolute Gasteiger partial charge is 0.492 e. The van der Waals surface area contributed by atoms with E-state index in [0.717, 1.165) is 0 Å². The molecular formula is C11H8FN5OS.